The predicted molar refractivity (Wildman–Crippen MR) is 81.2 cm³/mol. The molecule has 0 heterocycles. The summed E-state index contributed by atoms with van der Waals surface area (Å²) in [6.45, 7) is 3.35. The molecule has 0 aliphatic heterocycles. The van der Waals surface area contributed by atoms with Gasteiger partial charge in [-0.3, -0.25) is 4.79 Å². The molecule has 0 radical (unpaired) electrons. The maximum Gasteiger partial charge on any atom is 0.334 e. The van der Waals surface area contributed by atoms with Gasteiger partial charge in [0.05, 0.1) is 5.57 Å². The number of nitrogens with one attached hydrogen (secondary N) is 1. The van der Waals surface area contributed by atoms with E-state index in [0.717, 1.165) is 30.1 Å². The second-order valence-electron chi connectivity index (χ2n) is 4.80. The van der Waals surface area contributed by atoms with Crippen LogP contribution in [0.3, 0.4) is 0 Å². The Bertz CT molecular complexity index is 588. The number of hydrogen-bond acceptors (Lipinski definition) is 2. The van der Waals surface area contributed by atoms with Crippen LogP contribution in [-0.2, 0) is 9.59 Å². The van der Waals surface area contributed by atoms with Crippen molar-refractivity contribution in [3.8, 4) is 0 Å². The molecule has 2 N–H and O–H groups in total. The first kappa shape index (κ1) is 14.8. The fraction of sp³-hybridized carbons (Fsp3) is 0.176. The Morgan fingerprint density at radius 3 is 2.14 bits per heavy atom. The number of carboxylic acids is 1. The highest BCUT2D eigenvalue weighted by molar-refractivity contribution is 5.92. The maximum absolute atomic E-state index is 11.6. The van der Waals surface area contributed by atoms with Crippen molar-refractivity contribution in [2.45, 2.75) is 12.8 Å². The van der Waals surface area contributed by atoms with Crippen LogP contribution in [-0.4, -0.2) is 17.0 Å². The molecule has 0 fully saturated rings. The van der Waals surface area contributed by atoms with Gasteiger partial charge < -0.3 is 10.4 Å². The van der Waals surface area contributed by atoms with E-state index in [1.807, 2.05) is 36.5 Å². The number of carbonyl (C=O) groups excluding carboxylic acids is 1. The first-order valence-corrected chi connectivity index (χ1v) is 6.71. The third kappa shape index (κ3) is 3.48. The Kier molecular flexibility index (Phi) is 4.72. The summed E-state index contributed by atoms with van der Waals surface area (Å²) in [5, 5.41) is 12.0. The number of carboxylic acid groups (broad SMARTS) is 1. The Labute approximate surface area is 123 Å². The highest BCUT2D eigenvalue weighted by Crippen LogP contribution is 2.36. The maximum atomic E-state index is 11.6. The van der Waals surface area contributed by atoms with Gasteiger partial charge in [0.1, 0.15) is 0 Å². The standard InChI is InChI=1S/C17H17NO3/c1-2-15(19)18-11-14(17(20)21)16(12-7-3-4-8-12)13-9-5-6-10-13/h2-7,9,11,16H,1,8,10H2,(H,18,19)(H,20,21). The number of allylic oxidation sites excluding steroid dienone is 8. The van der Waals surface area contributed by atoms with Gasteiger partial charge in [-0.25, -0.2) is 4.79 Å². The minimum atomic E-state index is -1.04. The van der Waals surface area contributed by atoms with E-state index in [0.29, 0.717) is 0 Å². The number of hydrogen-bond donors (Lipinski definition) is 2. The average Bonchev–Trinajstić information content (AvgIpc) is 3.15. The van der Waals surface area contributed by atoms with Crippen LogP contribution in [0.2, 0.25) is 0 Å². The SMILES string of the molecule is C=CC(=O)NC=C(C(=O)O)C(C1=CC=CC1)C1=CC=CC1. The van der Waals surface area contributed by atoms with Crippen molar-refractivity contribution in [1.29, 1.82) is 0 Å². The Hall–Kier alpha value is -2.62. The van der Waals surface area contributed by atoms with Crippen LogP contribution in [0.15, 0.2) is 72.0 Å². The van der Waals surface area contributed by atoms with Crippen molar-refractivity contribution in [3.05, 3.63) is 72.0 Å². The average molecular weight is 283 g/mol. The largest absolute Gasteiger partial charge is 0.478 e. The first-order chi connectivity index (χ1) is 10.1. The Morgan fingerprint density at radius 2 is 1.76 bits per heavy atom. The summed E-state index contributed by atoms with van der Waals surface area (Å²) >= 11 is 0. The lowest BCUT2D eigenvalue weighted by Crippen LogP contribution is -2.22. The summed E-state index contributed by atoms with van der Waals surface area (Å²) in [6, 6.07) is 0. The molecule has 0 saturated carbocycles. The van der Waals surface area contributed by atoms with Crippen molar-refractivity contribution in [3.63, 3.8) is 0 Å². The number of carbonyl (C=O) groups is 2. The van der Waals surface area contributed by atoms with Gasteiger partial charge in [0.2, 0.25) is 5.91 Å². The van der Waals surface area contributed by atoms with E-state index < -0.39 is 11.9 Å². The summed E-state index contributed by atoms with van der Waals surface area (Å²) in [4.78, 5) is 22.9. The normalized spacial score (nSPS) is 16.9. The van der Waals surface area contributed by atoms with Crippen LogP contribution in [0.25, 0.3) is 0 Å². The number of aliphatic carboxylic acids is 1. The number of amides is 1. The molecule has 1 amide bonds. The van der Waals surface area contributed by atoms with Crippen molar-refractivity contribution >= 4 is 11.9 Å². The monoisotopic (exact) mass is 283 g/mol. The van der Waals surface area contributed by atoms with Gasteiger partial charge in [0.15, 0.2) is 0 Å². The minimum absolute atomic E-state index is 0.162. The molecule has 0 saturated heterocycles. The van der Waals surface area contributed by atoms with E-state index in [1.165, 1.54) is 6.20 Å². The van der Waals surface area contributed by atoms with Gasteiger partial charge in [-0.05, 0) is 18.9 Å². The quantitative estimate of drug-likeness (QED) is 0.736. The molecule has 0 aromatic rings. The second kappa shape index (κ2) is 6.70. The number of rotatable bonds is 6. The van der Waals surface area contributed by atoms with Crippen LogP contribution in [0.5, 0.6) is 0 Å². The zero-order valence-corrected chi connectivity index (χ0v) is 11.6. The molecular formula is C17H17NO3. The predicted octanol–water partition coefficient (Wildman–Crippen LogP) is 2.65. The van der Waals surface area contributed by atoms with E-state index in [9.17, 15) is 14.7 Å². The fourth-order valence-corrected chi connectivity index (χ4v) is 2.47. The van der Waals surface area contributed by atoms with Crippen molar-refractivity contribution < 1.29 is 14.7 Å². The molecule has 2 rings (SSSR count). The summed E-state index contributed by atoms with van der Waals surface area (Å²) in [5.41, 5.74) is 2.20. The van der Waals surface area contributed by atoms with Gasteiger partial charge in [0.25, 0.3) is 0 Å². The lowest BCUT2D eigenvalue weighted by molar-refractivity contribution is -0.133. The van der Waals surface area contributed by atoms with E-state index in [4.69, 9.17) is 0 Å². The molecule has 4 nitrogen and oxygen atoms in total. The van der Waals surface area contributed by atoms with E-state index in [-0.39, 0.29) is 11.5 Å². The van der Waals surface area contributed by atoms with E-state index in [1.54, 1.807) is 0 Å². The van der Waals surface area contributed by atoms with Crippen LogP contribution in [0.1, 0.15) is 12.8 Å². The third-order valence-corrected chi connectivity index (χ3v) is 3.45. The van der Waals surface area contributed by atoms with Crippen LogP contribution >= 0.6 is 0 Å². The van der Waals surface area contributed by atoms with E-state index >= 15 is 0 Å². The van der Waals surface area contributed by atoms with Gasteiger partial charge in [-0.1, -0.05) is 54.2 Å². The summed E-state index contributed by atoms with van der Waals surface area (Å²) in [6.07, 6.45) is 15.5. The molecule has 108 valence electrons. The molecule has 4 heteroatoms. The molecule has 21 heavy (non-hydrogen) atoms. The smallest absolute Gasteiger partial charge is 0.334 e. The fourth-order valence-electron chi connectivity index (χ4n) is 2.47. The lowest BCUT2D eigenvalue weighted by Gasteiger charge is -2.21. The van der Waals surface area contributed by atoms with Crippen LogP contribution in [0, 0.1) is 5.92 Å². The molecule has 0 aromatic heterocycles. The minimum Gasteiger partial charge on any atom is -0.478 e. The first-order valence-electron chi connectivity index (χ1n) is 6.71. The van der Waals surface area contributed by atoms with Gasteiger partial charge in [0, 0.05) is 12.1 Å². The van der Waals surface area contributed by atoms with Crippen LogP contribution < -0.4 is 5.32 Å². The van der Waals surface area contributed by atoms with Crippen molar-refractivity contribution in [1.82, 2.24) is 5.32 Å². The van der Waals surface area contributed by atoms with Crippen LogP contribution in [0.4, 0.5) is 0 Å². The van der Waals surface area contributed by atoms with Crippen molar-refractivity contribution in [2.24, 2.45) is 5.92 Å². The summed E-state index contributed by atoms with van der Waals surface area (Å²) in [5.74, 6) is -1.79. The second-order valence-corrected chi connectivity index (χ2v) is 4.80. The topological polar surface area (TPSA) is 66.4 Å². The van der Waals surface area contributed by atoms with Gasteiger partial charge >= 0.3 is 5.97 Å². The molecule has 2 aliphatic rings. The molecule has 0 bridgehead atoms. The molecular weight excluding hydrogens is 266 g/mol. The van der Waals surface area contributed by atoms with Gasteiger partial charge in [-0.15, -0.1) is 0 Å². The molecule has 0 aromatic carbocycles. The zero-order valence-electron chi connectivity index (χ0n) is 11.6. The molecule has 0 unspecified atom stereocenters. The summed E-state index contributed by atoms with van der Waals surface area (Å²) in [7, 11) is 0. The van der Waals surface area contributed by atoms with Crippen molar-refractivity contribution in [2.75, 3.05) is 0 Å². The lowest BCUT2D eigenvalue weighted by atomic mass is 9.83. The highest BCUT2D eigenvalue weighted by Gasteiger charge is 2.28. The summed E-state index contributed by atoms with van der Waals surface area (Å²) < 4.78 is 0. The zero-order chi connectivity index (χ0) is 15.2. The molecule has 0 spiro atoms. The Morgan fingerprint density at radius 1 is 1.19 bits per heavy atom. The Balaban J connectivity index is 2.33. The molecule has 2 aliphatic carbocycles. The highest BCUT2D eigenvalue weighted by atomic mass is 16.4. The van der Waals surface area contributed by atoms with E-state index in [2.05, 4.69) is 11.9 Å². The van der Waals surface area contributed by atoms with Gasteiger partial charge in [-0.2, -0.15) is 0 Å². The third-order valence-electron chi connectivity index (χ3n) is 3.45. The molecule has 0 atom stereocenters.